The quantitative estimate of drug-likeness (QED) is 0.647. The normalized spacial score (nSPS) is 30.2. The minimum Gasteiger partial charge on any atom is -0.398 e. The first-order chi connectivity index (χ1) is 7.68. The Labute approximate surface area is 97.4 Å². The topological polar surface area (TPSA) is 67.3 Å². The molecule has 1 unspecified atom stereocenters. The average Bonchev–Trinajstić information content (AvgIpc) is 2.76. The van der Waals surface area contributed by atoms with Gasteiger partial charge in [0.25, 0.3) is 0 Å². The fraction of sp³-hybridized carbons (Fsp3) is 0.667. The highest BCUT2D eigenvalue weighted by Crippen LogP contribution is 2.15. The van der Waals surface area contributed by atoms with E-state index in [9.17, 15) is 0 Å². The van der Waals surface area contributed by atoms with Gasteiger partial charge in [0.1, 0.15) is 5.66 Å². The number of hydrogen-bond donors (Lipinski definition) is 3. The minimum atomic E-state index is -0.400. The van der Waals surface area contributed by atoms with Gasteiger partial charge in [0.05, 0.1) is 0 Å². The molecule has 2 heterocycles. The summed E-state index contributed by atoms with van der Waals surface area (Å²) in [6, 6.07) is 0. The predicted octanol–water partition coefficient (Wildman–Crippen LogP) is 0.477. The number of likely N-dealkylation sites (tertiary alicyclic amines) is 1. The lowest BCUT2D eigenvalue weighted by molar-refractivity contribution is 0.307. The van der Waals surface area contributed by atoms with Crippen LogP contribution in [0.4, 0.5) is 0 Å². The van der Waals surface area contributed by atoms with Crippen molar-refractivity contribution >= 4 is 0 Å². The molecule has 0 spiro atoms. The van der Waals surface area contributed by atoms with Crippen LogP contribution in [-0.4, -0.2) is 30.2 Å². The van der Waals surface area contributed by atoms with Crippen molar-refractivity contribution in [2.45, 2.75) is 31.3 Å². The van der Waals surface area contributed by atoms with E-state index in [4.69, 9.17) is 11.5 Å². The summed E-state index contributed by atoms with van der Waals surface area (Å²) in [4.78, 5) is 2.51. The Morgan fingerprint density at radius 1 is 1.38 bits per heavy atom. The van der Waals surface area contributed by atoms with Crippen LogP contribution in [-0.2, 0) is 0 Å². The molecular formula is C12H22N4. The van der Waals surface area contributed by atoms with E-state index in [1.807, 2.05) is 12.2 Å². The van der Waals surface area contributed by atoms with Gasteiger partial charge in [-0.2, -0.15) is 0 Å². The van der Waals surface area contributed by atoms with Crippen molar-refractivity contribution in [3.05, 3.63) is 24.0 Å². The lowest BCUT2D eigenvalue weighted by Gasteiger charge is -2.30. The highest BCUT2D eigenvalue weighted by molar-refractivity contribution is 5.24. The third-order valence-electron chi connectivity index (χ3n) is 3.34. The Balaban J connectivity index is 1.71. The number of allylic oxidation sites excluding steroid dienone is 1. The summed E-state index contributed by atoms with van der Waals surface area (Å²) in [7, 11) is 0. The van der Waals surface area contributed by atoms with Crippen LogP contribution in [0.15, 0.2) is 24.0 Å². The highest BCUT2D eigenvalue weighted by Gasteiger charge is 2.22. The Hall–Kier alpha value is -1.00. The molecule has 0 radical (unpaired) electrons. The molecule has 0 saturated carbocycles. The fourth-order valence-corrected chi connectivity index (χ4v) is 2.32. The second-order valence-electron chi connectivity index (χ2n) is 4.81. The van der Waals surface area contributed by atoms with Crippen LogP contribution in [0.5, 0.6) is 0 Å². The first-order valence-corrected chi connectivity index (χ1v) is 6.12. The van der Waals surface area contributed by atoms with Crippen molar-refractivity contribution in [1.82, 2.24) is 10.2 Å². The molecule has 0 bridgehead atoms. The summed E-state index contributed by atoms with van der Waals surface area (Å²) < 4.78 is 0. The standard InChI is InChI=1S/C12H22N4/c13-11-4-6-12(14,15-10-11)5-3-9-16-7-1-2-8-16/h4,6,10,15H,1-3,5,7-9,13-14H2. The van der Waals surface area contributed by atoms with Gasteiger partial charge in [-0.05, 0) is 57.5 Å². The van der Waals surface area contributed by atoms with Crippen molar-refractivity contribution in [3.8, 4) is 0 Å². The van der Waals surface area contributed by atoms with Gasteiger partial charge in [-0.1, -0.05) is 0 Å². The molecular weight excluding hydrogens is 200 g/mol. The van der Waals surface area contributed by atoms with E-state index in [0.29, 0.717) is 0 Å². The molecule has 2 rings (SSSR count). The van der Waals surface area contributed by atoms with Crippen LogP contribution >= 0.6 is 0 Å². The SMILES string of the molecule is NC1=CNC(N)(CCCN2CCCC2)C=C1. The number of hydrogen-bond acceptors (Lipinski definition) is 4. The molecule has 1 atom stereocenters. The number of nitrogens with zero attached hydrogens (tertiary/aromatic N) is 1. The zero-order valence-electron chi connectivity index (χ0n) is 9.78. The molecule has 1 fully saturated rings. The summed E-state index contributed by atoms with van der Waals surface area (Å²) in [6.45, 7) is 3.68. The van der Waals surface area contributed by atoms with E-state index < -0.39 is 5.66 Å². The molecule has 90 valence electrons. The molecule has 16 heavy (non-hydrogen) atoms. The summed E-state index contributed by atoms with van der Waals surface area (Å²) >= 11 is 0. The molecule has 0 aliphatic carbocycles. The first-order valence-electron chi connectivity index (χ1n) is 6.12. The Morgan fingerprint density at radius 2 is 2.12 bits per heavy atom. The van der Waals surface area contributed by atoms with Crippen LogP contribution in [0.3, 0.4) is 0 Å². The van der Waals surface area contributed by atoms with E-state index in [-0.39, 0.29) is 0 Å². The van der Waals surface area contributed by atoms with Gasteiger partial charge >= 0.3 is 0 Å². The summed E-state index contributed by atoms with van der Waals surface area (Å²) in [5, 5.41) is 3.16. The van der Waals surface area contributed by atoms with Crippen LogP contribution in [0.1, 0.15) is 25.7 Å². The zero-order chi connectivity index (χ0) is 11.4. The Bertz CT molecular complexity index is 291. The van der Waals surface area contributed by atoms with Gasteiger partial charge in [0.15, 0.2) is 0 Å². The van der Waals surface area contributed by atoms with Gasteiger partial charge in [-0.3, -0.25) is 0 Å². The summed E-state index contributed by atoms with van der Waals surface area (Å²) in [6.07, 6.45) is 10.4. The Morgan fingerprint density at radius 3 is 2.75 bits per heavy atom. The number of nitrogens with one attached hydrogen (secondary N) is 1. The third kappa shape index (κ3) is 3.00. The second kappa shape index (κ2) is 4.89. The number of nitrogens with two attached hydrogens (primary N) is 2. The average molecular weight is 222 g/mol. The van der Waals surface area contributed by atoms with Gasteiger partial charge < -0.3 is 21.7 Å². The van der Waals surface area contributed by atoms with Gasteiger partial charge in [0.2, 0.25) is 0 Å². The predicted molar refractivity (Wildman–Crippen MR) is 66.4 cm³/mol. The highest BCUT2D eigenvalue weighted by atomic mass is 15.1. The van der Waals surface area contributed by atoms with E-state index in [1.54, 1.807) is 6.20 Å². The van der Waals surface area contributed by atoms with Crippen molar-refractivity contribution in [2.24, 2.45) is 11.5 Å². The minimum absolute atomic E-state index is 0.400. The molecule has 5 N–H and O–H groups in total. The molecule has 0 aromatic rings. The van der Waals surface area contributed by atoms with E-state index in [2.05, 4.69) is 10.2 Å². The zero-order valence-corrected chi connectivity index (χ0v) is 9.78. The van der Waals surface area contributed by atoms with Crippen LogP contribution in [0.2, 0.25) is 0 Å². The van der Waals surface area contributed by atoms with Crippen molar-refractivity contribution in [3.63, 3.8) is 0 Å². The van der Waals surface area contributed by atoms with Crippen LogP contribution in [0.25, 0.3) is 0 Å². The Kier molecular flexibility index (Phi) is 3.51. The smallest absolute Gasteiger partial charge is 0.105 e. The van der Waals surface area contributed by atoms with Gasteiger partial charge in [-0.25, -0.2) is 0 Å². The van der Waals surface area contributed by atoms with E-state index in [1.165, 1.54) is 25.9 Å². The van der Waals surface area contributed by atoms with E-state index >= 15 is 0 Å². The van der Waals surface area contributed by atoms with Gasteiger partial charge in [0, 0.05) is 11.9 Å². The molecule has 2 aliphatic heterocycles. The maximum absolute atomic E-state index is 6.19. The van der Waals surface area contributed by atoms with Crippen molar-refractivity contribution < 1.29 is 0 Å². The maximum atomic E-state index is 6.19. The molecule has 1 saturated heterocycles. The fourth-order valence-electron chi connectivity index (χ4n) is 2.32. The molecule has 0 aromatic carbocycles. The van der Waals surface area contributed by atoms with Crippen LogP contribution < -0.4 is 16.8 Å². The van der Waals surface area contributed by atoms with E-state index in [0.717, 1.165) is 25.1 Å². The monoisotopic (exact) mass is 222 g/mol. The van der Waals surface area contributed by atoms with Gasteiger partial charge in [-0.15, -0.1) is 0 Å². The summed E-state index contributed by atoms with van der Waals surface area (Å²) in [5.74, 6) is 0. The first kappa shape index (κ1) is 11.5. The molecule has 0 aromatic heterocycles. The molecule has 2 aliphatic rings. The van der Waals surface area contributed by atoms with Crippen LogP contribution in [0, 0.1) is 0 Å². The lowest BCUT2D eigenvalue weighted by atomic mass is 10.0. The van der Waals surface area contributed by atoms with Crippen molar-refractivity contribution in [1.29, 1.82) is 0 Å². The third-order valence-corrected chi connectivity index (χ3v) is 3.34. The maximum Gasteiger partial charge on any atom is 0.105 e. The molecule has 4 nitrogen and oxygen atoms in total. The molecule has 0 amide bonds. The lowest BCUT2D eigenvalue weighted by Crippen LogP contribution is -2.51. The van der Waals surface area contributed by atoms with Crippen molar-refractivity contribution in [2.75, 3.05) is 19.6 Å². The number of rotatable bonds is 4. The number of dihydropyridines is 1. The second-order valence-corrected chi connectivity index (χ2v) is 4.81. The molecule has 4 heteroatoms. The largest absolute Gasteiger partial charge is 0.398 e. The summed E-state index contributed by atoms with van der Waals surface area (Å²) in [5.41, 5.74) is 12.2.